The highest BCUT2D eigenvalue weighted by Gasteiger charge is 2.34. The molecule has 1 aromatic carbocycles. The first-order chi connectivity index (χ1) is 9.43. The first-order valence-electron chi connectivity index (χ1n) is 7.32. The van der Waals surface area contributed by atoms with Crippen molar-refractivity contribution in [2.24, 2.45) is 5.73 Å². The fourth-order valence-electron chi connectivity index (χ4n) is 2.62. The van der Waals surface area contributed by atoms with E-state index in [1.54, 1.807) is 0 Å². The van der Waals surface area contributed by atoms with Gasteiger partial charge in [-0.15, -0.1) is 0 Å². The predicted molar refractivity (Wildman–Crippen MR) is 81.1 cm³/mol. The summed E-state index contributed by atoms with van der Waals surface area (Å²) in [7, 11) is 0. The van der Waals surface area contributed by atoms with Crippen LogP contribution in [0.5, 0.6) is 5.75 Å². The van der Waals surface area contributed by atoms with E-state index in [0.29, 0.717) is 6.42 Å². The summed E-state index contributed by atoms with van der Waals surface area (Å²) in [6.07, 6.45) is 1.11. The fourth-order valence-corrected chi connectivity index (χ4v) is 2.62. The Morgan fingerprint density at radius 3 is 2.60 bits per heavy atom. The summed E-state index contributed by atoms with van der Waals surface area (Å²) in [5.74, 6) is 0.839. The summed E-state index contributed by atoms with van der Waals surface area (Å²) >= 11 is 0. The lowest BCUT2D eigenvalue weighted by molar-refractivity contribution is -0.126. The second kappa shape index (κ2) is 5.83. The Kier molecular flexibility index (Phi) is 4.33. The van der Waals surface area contributed by atoms with Crippen molar-refractivity contribution in [3.63, 3.8) is 0 Å². The molecule has 4 heteroatoms. The molecule has 1 amide bonds. The Balaban J connectivity index is 2.42. The molecule has 0 fully saturated rings. The lowest BCUT2D eigenvalue weighted by Gasteiger charge is -2.37. The Hall–Kier alpha value is -1.55. The van der Waals surface area contributed by atoms with E-state index in [4.69, 9.17) is 10.5 Å². The number of carbonyl (C=O) groups excluding carboxylic acids is 1. The molecule has 0 saturated carbocycles. The second-order valence-electron chi connectivity index (χ2n) is 5.80. The van der Waals surface area contributed by atoms with Crippen molar-refractivity contribution in [2.45, 2.75) is 58.7 Å². The molecule has 4 nitrogen and oxygen atoms in total. The Labute approximate surface area is 120 Å². The zero-order chi connectivity index (χ0) is 14.9. The van der Waals surface area contributed by atoms with Crippen molar-refractivity contribution in [3.8, 4) is 5.75 Å². The molecule has 0 spiro atoms. The van der Waals surface area contributed by atoms with Crippen LogP contribution in [0.1, 0.15) is 39.7 Å². The van der Waals surface area contributed by atoms with E-state index in [9.17, 15) is 4.79 Å². The largest absolute Gasteiger partial charge is 0.478 e. The maximum absolute atomic E-state index is 12.5. The zero-order valence-corrected chi connectivity index (χ0v) is 12.7. The molecule has 2 atom stereocenters. The second-order valence-corrected chi connectivity index (χ2v) is 5.80. The number of amides is 1. The summed E-state index contributed by atoms with van der Waals surface area (Å²) in [6.45, 7) is 8.00. The highest BCUT2D eigenvalue weighted by Crippen LogP contribution is 2.37. The number of nitrogens with zero attached hydrogens (tertiary/aromatic N) is 1. The van der Waals surface area contributed by atoms with Crippen molar-refractivity contribution < 1.29 is 9.53 Å². The monoisotopic (exact) mass is 276 g/mol. The minimum absolute atomic E-state index is 0.0490. The number of nitrogens with two attached hydrogens (primary N) is 1. The molecule has 0 aromatic heterocycles. The van der Waals surface area contributed by atoms with Gasteiger partial charge in [0, 0.05) is 12.1 Å². The van der Waals surface area contributed by atoms with E-state index in [1.807, 2.05) is 50.8 Å². The van der Waals surface area contributed by atoms with Crippen LogP contribution >= 0.6 is 0 Å². The topological polar surface area (TPSA) is 55.6 Å². The van der Waals surface area contributed by atoms with Crippen LogP contribution in [0.2, 0.25) is 0 Å². The molecule has 0 saturated heterocycles. The normalized spacial score (nSPS) is 19.8. The van der Waals surface area contributed by atoms with Gasteiger partial charge in [-0.05, 0) is 51.3 Å². The summed E-state index contributed by atoms with van der Waals surface area (Å²) in [6, 6.07) is 6.23. The fraction of sp³-hybridized carbons (Fsp3) is 0.562. The van der Waals surface area contributed by atoms with Gasteiger partial charge in [0.05, 0.1) is 5.69 Å². The highest BCUT2D eigenvalue weighted by atomic mass is 16.5. The average Bonchev–Trinajstić information content (AvgIpc) is 2.36. The van der Waals surface area contributed by atoms with Crippen molar-refractivity contribution in [1.82, 2.24) is 0 Å². The molecule has 1 aliphatic heterocycles. The summed E-state index contributed by atoms with van der Waals surface area (Å²) in [5, 5.41) is 0. The first kappa shape index (κ1) is 14.9. The highest BCUT2D eigenvalue weighted by molar-refractivity contribution is 6.00. The smallest absolute Gasteiger partial charge is 0.268 e. The number of ether oxygens (including phenoxy) is 1. The van der Waals surface area contributed by atoms with Crippen LogP contribution < -0.4 is 15.4 Å². The molecule has 110 valence electrons. The standard InChI is InChI=1S/C16H24N2O2/c1-5-14-16(19)18(10(2)3)13-9-12(8-11(4)17)6-7-15(13)20-14/h6-7,9-11,14H,5,8,17H2,1-4H3. The van der Waals surface area contributed by atoms with Crippen LogP contribution in [0.4, 0.5) is 5.69 Å². The molecule has 2 N–H and O–H groups in total. The van der Waals surface area contributed by atoms with Gasteiger partial charge in [0.1, 0.15) is 5.75 Å². The zero-order valence-electron chi connectivity index (χ0n) is 12.7. The van der Waals surface area contributed by atoms with Crippen LogP contribution in [0.25, 0.3) is 0 Å². The van der Waals surface area contributed by atoms with Crippen LogP contribution in [0.15, 0.2) is 18.2 Å². The quantitative estimate of drug-likeness (QED) is 0.919. The minimum atomic E-state index is -0.371. The van der Waals surface area contributed by atoms with Crippen molar-refractivity contribution >= 4 is 11.6 Å². The first-order valence-corrected chi connectivity index (χ1v) is 7.32. The minimum Gasteiger partial charge on any atom is -0.478 e. The molecule has 2 unspecified atom stereocenters. The van der Waals surface area contributed by atoms with Gasteiger partial charge in [-0.1, -0.05) is 13.0 Å². The molecule has 1 aromatic rings. The van der Waals surface area contributed by atoms with Crippen molar-refractivity contribution in [3.05, 3.63) is 23.8 Å². The van der Waals surface area contributed by atoms with Gasteiger partial charge in [0.15, 0.2) is 6.10 Å². The summed E-state index contributed by atoms with van der Waals surface area (Å²) in [4.78, 5) is 14.3. The van der Waals surface area contributed by atoms with Crippen LogP contribution in [0.3, 0.4) is 0 Å². The van der Waals surface area contributed by atoms with Gasteiger partial charge >= 0.3 is 0 Å². The van der Waals surface area contributed by atoms with Crippen molar-refractivity contribution in [2.75, 3.05) is 4.90 Å². The van der Waals surface area contributed by atoms with E-state index < -0.39 is 0 Å². The average molecular weight is 276 g/mol. The van der Waals surface area contributed by atoms with Gasteiger partial charge in [0.25, 0.3) is 5.91 Å². The summed E-state index contributed by atoms with van der Waals surface area (Å²) < 4.78 is 5.81. The molecule has 20 heavy (non-hydrogen) atoms. The molecule has 0 bridgehead atoms. The van der Waals surface area contributed by atoms with Crippen LogP contribution in [-0.4, -0.2) is 24.1 Å². The van der Waals surface area contributed by atoms with Crippen molar-refractivity contribution in [1.29, 1.82) is 0 Å². The van der Waals surface area contributed by atoms with E-state index in [-0.39, 0.29) is 24.1 Å². The van der Waals surface area contributed by atoms with Gasteiger partial charge in [-0.2, -0.15) is 0 Å². The number of rotatable bonds is 4. The lowest BCUT2D eigenvalue weighted by atomic mass is 10.0. The molecule has 0 aliphatic carbocycles. The third kappa shape index (κ3) is 2.80. The SMILES string of the molecule is CCC1Oc2ccc(CC(C)N)cc2N(C(C)C)C1=O. The Morgan fingerprint density at radius 1 is 1.35 bits per heavy atom. The van der Waals surface area contributed by atoms with Crippen LogP contribution in [0, 0.1) is 0 Å². The third-order valence-corrected chi connectivity index (χ3v) is 3.51. The summed E-state index contributed by atoms with van der Waals surface area (Å²) in [5.41, 5.74) is 7.86. The number of benzene rings is 1. The molecule has 1 heterocycles. The third-order valence-electron chi connectivity index (χ3n) is 3.51. The van der Waals surface area contributed by atoms with E-state index in [2.05, 4.69) is 0 Å². The van der Waals surface area contributed by atoms with E-state index in [0.717, 1.165) is 23.4 Å². The van der Waals surface area contributed by atoms with Gasteiger partial charge in [0.2, 0.25) is 0 Å². The van der Waals surface area contributed by atoms with E-state index >= 15 is 0 Å². The van der Waals surface area contributed by atoms with E-state index in [1.165, 1.54) is 0 Å². The van der Waals surface area contributed by atoms with Gasteiger partial charge in [-0.3, -0.25) is 4.79 Å². The van der Waals surface area contributed by atoms with Crippen LogP contribution in [-0.2, 0) is 11.2 Å². The number of fused-ring (bicyclic) bond motifs is 1. The molecule has 0 radical (unpaired) electrons. The molecular weight excluding hydrogens is 252 g/mol. The maximum atomic E-state index is 12.5. The number of anilines is 1. The van der Waals surface area contributed by atoms with Gasteiger partial charge < -0.3 is 15.4 Å². The molecular formula is C16H24N2O2. The number of hydrogen-bond donors (Lipinski definition) is 1. The number of hydrogen-bond acceptors (Lipinski definition) is 3. The van der Waals surface area contributed by atoms with Gasteiger partial charge in [-0.25, -0.2) is 0 Å². The Bertz CT molecular complexity index is 497. The molecule has 2 rings (SSSR count). The lowest BCUT2D eigenvalue weighted by Crippen LogP contribution is -2.48. The maximum Gasteiger partial charge on any atom is 0.268 e. The number of carbonyl (C=O) groups is 1. The molecule has 1 aliphatic rings. The predicted octanol–water partition coefficient (Wildman–Crippen LogP) is 2.49. The Morgan fingerprint density at radius 2 is 2.05 bits per heavy atom.